The number of aliphatic carboxylic acids is 1. The van der Waals surface area contributed by atoms with Gasteiger partial charge in [-0.3, -0.25) is 9.69 Å². The molecule has 2 aliphatic heterocycles. The molecule has 0 radical (unpaired) electrons. The second kappa shape index (κ2) is 9.81. The third-order valence-electron chi connectivity index (χ3n) is 8.31. The van der Waals surface area contributed by atoms with E-state index in [-0.39, 0.29) is 24.9 Å². The van der Waals surface area contributed by atoms with Crippen molar-refractivity contribution in [1.29, 1.82) is 0 Å². The van der Waals surface area contributed by atoms with Gasteiger partial charge in [-0.2, -0.15) is 13.2 Å². The highest BCUT2D eigenvalue weighted by Crippen LogP contribution is 2.41. The van der Waals surface area contributed by atoms with Gasteiger partial charge in [-0.25, -0.2) is 0 Å². The van der Waals surface area contributed by atoms with Crippen molar-refractivity contribution in [2.24, 2.45) is 11.8 Å². The second-order valence-corrected chi connectivity index (χ2v) is 10.8. The molecular formula is C27H31ClF3NO3. The number of hydrogen-bond donors (Lipinski definition) is 1. The van der Waals surface area contributed by atoms with Crippen molar-refractivity contribution >= 4 is 28.3 Å². The second-order valence-electron chi connectivity index (χ2n) is 10.4. The molecule has 5 rings (SSSR count). The SMILES string of the molecule is O=C(O)C1CC2CC[C@H](C1)N2CCc1ccc2c(Cl)c(OC3CCC(C(F)(F)F)CC3)ccc2c1. The monoisotopic (exact) mass is 509 g/mol. The van der Waals surface area contributed by atoms with Crippen LogP contribution in [0.5, 0.6) is 5.75 Å². The maximum atomic E-state index is 12.9. The van der Waals surface area contributed by atoms with Crippen molar-refractivity contribution in [3.63, 3.8) is 0 Å². The van der Waals surface area contributed by atoms with Gasteiger partial charge in [-0.1, -0.05) is 35.9 Å². The zero-order valence-corrected chi connectivity index (χ0v) is 20.3. The lowest BCUT2D eigenvalue weighted by molar-refractivity contribution is -0.185. The molecule has 190 valence electrons. The molecule has 8 heteroatoms. The zero-order chi connectivity index (χ0) is 24.7. The molecule has 2 heterocycles. The Morgan fingerprint density at radius 2 is 1.71 bits per heavy atom. The predicted molar refractivity (Wildman–Crippen MR) is 129 cm³/mol. The molecular weight excluding hydrogens is 479 g/mol. The lowest BCUT2D eigenvalue weighted by Gasteiger charge is -2.37. The number of benzene rings is 2. The van der Waals surface area contributed by atoms with Gasteiger partial charge in [-0.15, -0.1) is 0 Å². The van der Waals surface area contributed by atoms with E-state index in [0.717, 1.165) is 49.4 Å². The molecule has 3 atom stereocenters. The number of rotatable bonds is 6. The van der Waals surface area contributed by atoms with Gasteiger partial charge in [0.1, 0.15) is 5.75 Å². The van der Waals surface area contributed by atoms with Gasteiger partial charge in [0.2, 0.25) is 0 Å². The summed E-state index contributed by atoms with van der Waals surface area (Å²) in [4.78, 5) is 13.9. The van der Waals surface area contributed by atoms with Gasteiger partial charge in [0, 0.05) is 24.0 Å². The first-order chi connectivity index (χ1) is 16.7. The molecule has 1 N–H and O–H groups in total. The highest BCUT2D eigenvalue weighted by atomic mass is 35.5. The minimum atomic E-state index is -4.13. The Kier molecular flexibility index (Phi) is 6.92. The molecule has 1 aliphatic carbocycles. The molecule has 4 nitrogen and oxygen atoms in total. The van der Waals surface area contributed by atoms with Crippen LogP contribution >= 0.6 is 11.6 Å². The molecule has 3 fully saturated rings. The van der Waals surface area contributed by atoms with Crippen LogP contribution in [0, 0.1) is 11.8 Å². The minimum Gasteiger partial charge on any atom is -0.489 e. The maximum Gasteiger partial charge on any atom is 0.391 e. The average molecular weight is 510 g/mol. The van der Waals surface area contributed by atoms with E-state index in [1.165, 1.54) is 5.56 Å². The number of nitrogens with zero attached hydrogens (tertiary/aromatic N) is 1. The molecule has 2 unspecified atom stereocenters. The molecule has 35 heavy (non-hydrogen) atoms. The Bertz CT molecular complexity index is 1070. The number of ether oxygens (including phenoxy) is 1. The first kappa shape index (κ1) is 24.7. The van der Waals surface area contributed by atoms with E-state index in [0.29, 0.717) is 35.7 Å². The van der Waals surface area contributed by atoms with Crippen molar-refractivity contribution in [2.75, 3.05) is 6.54 Å². The number of fused-ring (bicyclic) bond motifs is 3. The molecule has 2 bridgehead atoms. The smallest absolute Gasteiger partial charge is 0.391 e. The summed E-state index contributed by atoms with van der Waals surface area (Å²) in [7, 11) is 0. The number of carbonyl (C=O) groups is 1. The molecule has 2 aromatic carbocycles. The van der Waals surface area contributed by atoms with E-state index in [9.17, 15) is 23.1 Å². The average Bonchev–Trinajstić information content (AvgIpc) is 3.05. The van der Waals surface area contributed by atoms with Crippen LogP contribution < -0.4 is 4.74 Å². The number of alkyl halides is 3. The Hall–Kier alpha value is -1.99. The van der Waals surface area contributed by atoms with Crippen molar-refractivity contribution in [1.82, 2.24) is 4.90 Å². The first-order valence-electron chi connectivity index (χ1n) is 12.6. The molecule has 0 aromatic heterocycles. The highest BCUT2D eigenvalue weighted by Gasteiger charge is 2.43. The Balaban J connectivity index is 1.21. The minimum absolute atomic E-state index is 0.0957. The molecule has 3 aliphatic rings. The van der Waals surface area contributed by atoms with E-state index in [4.69, 9.17) is 16.3 Å². The maximum absolute atomic E-state index is 12.9. The zero-order valence-electron chi connectivity index (χ0n) is 19.6. The van der Waals surface area contributed by atoms with Crippen LogP contribution in [0.2, 0.25) is 5.02 Å². The van der Waals surface area contributed by atoms with E-state index >= 15 is 0 Å². The fourth-order valence-electron chi connectivity index (χ4n) is 6.35. The summed E-state index contributed by atoms with van der Waals surface area (Å²) in [5.41, 5.74) is 1.20. The normalized spacial score (nSPS) is 29.4. The summed E-state index contributed by atoms with van der Waals surface area (Å²) >= 11 is 6.64. The van der Waals surface area contributed by atoms with Crippen LogP contribution in [0.1, 0.15) is 56.9 Å². The van der Waals surface area contributed by atoms with Crippen molar-refractivity contribution in [3.05, 3.63) is 40.9 Å². The van der Waals surface area contributed by atoms with Crippen LogP contribution in [0.4, 0.5) is 13.2 Å². The van der Waals surface area contributed by atoms with Crippen LogP contribution in [0.25, 0.3) is 10.8 Å². The number of halogens is 4. The Morgan fingerprint density at radius 3 is 2.34 bits per heavy atom. The van der Waals surface area contributed by atoms with Gasteiger partial charge < -0.3 is 9.84 Å². The summed E-state index contributed by atoms with van der Waals surface area (Å²) < 4.78 is 44.8. The fraction of sp³-hybridized carbons (Fsp3) is 0.593. The van der Waals surface area contributed by atoms with Crippen LogP contribution in [-0.4, -0.2) is 46.9 Å². The summed E-state index contributed by atoms with van der Waals surface area (Å²) in [5, 5.41) is 11.8. The largest absolute Gasteiger partial charge is 0.489 e. The van der Waals surface area contributed by atoms with E-state index in [1.54, 1.807) is 0 Å². The topological polar surface area (TPSA) is 49.8 Å². The summed E-state index contributed by atoms with van der Waals surface area (Å²) in [6.07, 6.45) is 1.13. The highest BCUT2D eigenvalue weighted by molar-refractivity contribution is 6.37. The van der Waals surface area contributed by atoms with Gasteiger partial charge in [0.05, 0.1) is 23.0 Å². The predicted octanol–water partition coefficient (Wildman–Crippen LogP) is 6.86. The summed E-state index contributed by atoms with van der Waals surface area (Å²) in [5.74, 6) is -1.57. The number of hydrogen-bond acceptors (Lipinski definition) is 3. The standard InChI is InChI=1S/C27H31ClF3NO3/c28-25-23-9-1-16(11-12-32-20-5-6-21(32)15-18(14-20)26(33)34)13-17(23)2-10-24(25)35-22-7-3-19(4-8-22)27(29,30)31/h1-2,9-10,13,18-22H,3-8,11-12,14-15H2,(H,33,34)/t18?,19?,20-,21?,22?/m1/s1. The number of carboxylic acids is 1. The Labute approximate surface area is 208 Å². The third-order valence-corrected chi connectivity index (χ3v) is 8.70. The summed E-state index contributed by atoms with van der Waals surface area (Å²) in [6.45, 7) is 0.919. The van der Waals surface area contributed by atoms with E-state index in [2.05, 4.69) is 17.0 Å². The van der Waals surface area contributed by atoms with Gasteiger partial charge in [-0.05, 0) is 74.8 Å². The van der Waals surface area contributed by atoms with Crippen molar-refractivity contribution < 1.29 is 27.8 Å². The lowest BCUT2D eigenvalue weighted by Crippen LogP contribution is -2.45. The van der Waals surface area contributed by atoms with Gasteiger partial charge >= 0.3 is 12.1 Å². The number of piperidine rings is 1. The summed E-state index contributed by atoms with van der Waals surface area (Å²) in [6, 6.07) is 10.7. The first-order valence-corrected chi connectivity index (χ1v) is 13.0. The number of carboxylic acid groups (broad SMARTS) is 1. The van der Waals surface area contributed by atoms with Crippen LogP contribution in [0.15, 0.2) is 30.3 Å². The Morgan fingerprint density at radius 1 is 1.03 bits per heavy atom. The quantitative estimate of drug-likeness (QED) is 0.462. The molecule has 2 aromatic rings. The van der Waals surface area contributed by atoms with Crippen molar-refractivity contribution in [2.45, 2.75) is 82.2 Å². The van der Waals surface area contributed by atoms with E-state index < -0.39 is 18.1 Å². The molecule has 0 amide bonds. The van der Waals surface area contributed by atoms with Crippen molar-refractivity contribution in [3.8, 4) is 5.75 Å². The fourth-order valence-corrected chi connectivity index (χ4v) is 6.63. The van der Waals surface area contributed by atoms with Gasteiger partial charge in [0.15, 0.2) is 0 Å². The molecule has 0 spiro atoms. The molecule has 2 saturated heterocycles. The molecule has 1 saturated carbocycles. The van der Waals surface area contributed by atoms with Crippen LogP contribution in [-0.2, 0) is 11.2 Å². The lowest BCUT2D eigenvalue weighted by atomic mass is 9.87. The van der Waals surface area contributed by atoms with Crippen LogP contribution in [0.3, 0.4) is 0 Å². The third kappa shape index (κ3) is 5.26. The van der Waals surface area contributed by atoms with E-state index in [1.807, 2.05) is 18.2 Å². The van der Waals surface area contributed by atoms with Gasteiger partial charge in [0.25, 0.3) is 0 Å².